The van der Waals surface area contributed by atoms with Crippen LogP contribution < -0.4 is 15.4 Å². The van der Waals surface area contributed by atoms with E-state index in [0.29, 0.717) is 16.7 Å². The maximum Gasteiger partial charge on any atom is 0.405 e. The predicted molar refractivity (Wildman–Crippen MR) is 136 cm³/mol. The van der Waals surface area contributed by atoms with Crippen molar-refractivity contribution in [3.63, 3.8) is 0 Å². The molecule has 2 aromatic carbocycles. The van der Waals surface area contributed by atoms with Crippen LogP contribution >= 0.6 is 0 Å². The Morgan fingerprint density at radius 3 is 2.46 bits per heavy atom. The number of rotatable bonds is 10. The number of aromatic nitrogens is 2. The number of alkyl halides is 1. The Hall–Kier alpha value is -4.18. The van der Waals surface area contributed by atoms with Gasteiger partial charge in [0.1, 0.15) is 24.4 Å². The van der Waals surface area contributed by atoms with Crippen molar-refractivity contribution in [3.8, 4) is 28.3 Å². The van der Waals surface area contributed by atoms with Gasteiger partial charge in [0, 0.05) is 17.7 Å². The van der Waals surface area contributed by atoms with Crippen LogP contribution in [0.1, 0.15) is 24.8 Å². The molecule has 0 saturated heterocycles. The molecule has 5 rings (SSSR count). The first-order chi connectivity index (χ1) is 18.0. The van der Waals surface area contributed by atoms with Crippen molar-refractivity contribution in [2.24, 2.45) is 0 Å². The second-order valence-electron chi connectivity index (χ2n) is 8.84. The number of amides is 1. The van der Waals surface area contributed by atoms with Crippen molar-refractivity contribution >= 4 is 23.1 Å². The van der Waals surface area contributed by atoms with Crippen molar-refractivity contribution in [3.05, 3.63) is 60.2 Å². The molecule has 0 bridgehead atoms. The molecule has 1 aliphatic carbocycles. The fourth-order valence-corrected chi connectivity index (χ4v) is 4.70. The minimum absolute atomic E-state index is 0.120. The summed E-state index contributed by atoms with van der Waals surface area (Å²) in [6.45, 7) is -0.774. The normalized spacial score (nSPS) is 14.2. The molecule has 1 aliphatic rings. The highest BCUT2D eigenvalue weighted by atomic mass is 19.1. The van der Waals surface area contributed by atoms with Gasteiger partial charge in [-0.2, -0.15) is 9.97 Å². The lowest BCUT2D eigenvalue weighted by Crippen LogP contribution is -2.50. The molecular formula is C27H27FN4O5. The molecule has 0 unspecified atom stereocenters. The van der Waals surface area contributed by atoms with E-state index in [1.807, 2.05) is 54.6 Å². The maximum atomic E-state index is 13.0. The van der Waals surface area contributed by atoms with Crippen LogP contribution in [0.2, 0.25) is 0 Å². The van der Waals surface area contributed by atoms with Crippen molar-refractivity contribution in [1.29, 1.82) is 0 Å². The average molecular weight is 507 g/mol. The van der Waals surface area contributed by atoms with E-state index in [4.69, 9.17) is 9.15 Å². The third kappa shape index (κ3) is 4.79. The fraction of sp³-hybridized carbons (Fsp3) is 0.296. The van der Waals surface area contributed by atoms with Crippen molar-refractivity contribution < 1.29 is 28.6 Å². The summed E-state index contributed by atoms with van der Waals surface area (Å²) >= 11 is 0. The molecule has 10 heteroatoms. The van der Waals surface area contributed by atoms with E-state index in [1.54, 1.807) is 0 Å². The summed E-state index contributed by atoms with van der Waals surface area (Å²) in [7, 11) is 0. The summed E-state index contributed by atoms with van der Waals surface area (Å²) in [4.78, 5) is 20.3. The molecule has 9 nitrogen and oxygen atoms in total. The second kappa shape index (κ2) is 10.4. The van der Waals surface area contributed by atoms with Gasteiger partial charge in [-0.3, -0.25) is 0 Å². The van der Waals surface area contributed by atoms with Crippen LogP contribution in [0.5, 0.6) is 5.88 Å². The Kier molecular flexibility index (Phi) is 6.91. The summed E-state index contributed by atoms with van der Waals surface area (Å²) in [5.74, 6) is 0.894. The number of carbonyl (C=O) groups is 1. The van der Waals surface area contributed by atoms with Crippen LogP contribution in [0, 0.1) is 0 Å². The van der Waals surface area contributed by atoms with Gasteiger partial charge in [-0.05, 0) is 30.4 Å². The molecule has 2 aromatic heterocycles. The van der Waals surface area contributed by atoms with Crippen LogP contribution in [0.25, 0.3) is 33.6 Å². The molecule has 0 aliphatic heterocycles. The topological polar surface area (TPSA) is 130 Å². The zero-order chi connectivity index (χ0) is 25.8. The molecule has 2 heterocycles. The lowest BCUT2D eigenvalue weighted by molar-refractivity contribution is 0.144. The monoisotopic (exact) mass is 506 g/mol. The fourth-order valence-electron chi connectivity index (χ4n) is 4.70. The van der Waals surface area contributed by atoms with Crippen LogP contribution in [0.15, 0.2) is 59.0 Å². The average Bonchev–Trinajstić information content (AvgIpc) is 3.28. The number of halogens is 1. The highest BCUT2D eigenvalue weighted by molar-refractivity contribution is 6.03. The number of anilines is 1. The van der Waals surface area contributed by atoms with E-state index in [0.717, 1.165) is 36.0 Å². The van der Waals surface area contributed by atoms with Gasteiger partial charge < -0.3 is 30.0 Å². The summed E-state index contributed by atoms with van der Waals surface area (Å²) in [6.07, 6.45) is 1.40. The first-order valence-corrected chi connectivity index (χ1v) is 12.1. The summed E-state index contributed by atoms with van der Waals surface area (Å²) < 4.78 is 25.0. The molecule has 4 aromatic rings. The Morgan fingerprint density at radius 1 is 1.08 bits per heavy atom. The zero-order valence-electron chi connectivity index (χ0n) is 20.0. The van der Waals surface area contributed by atoms with Crippen LogP contribution in [-0.4, -0.2) is 52.7 Å². The highest BCUT2D eigenvalue weighted by Crippen LogP contribution is 2.45. The number of ether oxygens (including phenoxy) is 1. The second-order valence-corrected chi connectivity index (χ2v) is 8.84. The van der Waals surface area contributed by atoms with E-state index in [2.05, 4.69) is 20.6 Å². The molecule has 37 heavy (non-hydrogen) atoms. The lowest BCUT2D eigenvalue weighted by Gasteiger charge is -2.42. The number of nitrogens with zero attached hydrogens (tertiary/aromatic N) is 2. The molecule has 0 spiro atoms. The number of nitrogens with one attached hydrogen (secondary N) is 2. The molecule has 192 valence electrons. The number of fused-ring (bicyclic) bond motifs is 1. The van der Waals surface area contributed by atoms with E-state index in [1.165, 1.54) is 0 Å². The third-order valence-corrected chi connectivity index (χ3v) is 6.54. The van der Waals surface area contributed by atoms with E-state index in [9.17, 15) is 19.4 Å². The molecule has 0 atom stereocenters. The summed E-state index contributed by atoms with van der Waals surface area (Å²) in [5, 5.41) is 24.6. The number of benzene rings is 2. The first kappa shape index (κ1) is 24.5. The number of aliphatic hydroxyl groups is 1. The number of aliphatic hydroxyl groups excluding tert-OH is 1. The van der Waals surface area contributed by atoms with E-state index >= 15 is 0 Å². The van der Waals surface area contributed by atoms with Gasteiger partial charge in [-0.15, -0.1) is 0 Å². The largest absolute Gasteiger partial charge is 0.474 e. The van der Waals surface area contributed by atoms with Crippen molar-refractivity contribution in [2.75, 3.05) is 31.7 Å². The van der Waals surface area contributed by atoms with Gasteiger partial charge in [0.15, 0.2) is 0 Å². The lowest BCUT2D eigenvalue weighted by atomic mass is 9.72. The summed E-state index contributed by atoms with van der Waals surface area (Å²) in [5.41, 5.74) is 2.87. The van der Waals surface area contributed by atoms with E-state index < -0.39 is 18.3 Å². The third-order valence-electron chi connectivity index (χ3n) is 6.54. The van der Waals surface area contributed by atoms with Gasteiger partial charge in [-0.1, -0.05) is 54.6 Å². The first-order valence-electron chi connectivity index (χ1n) is 12.1. The predicted octanol–water partition coefficient (Wildman–Crippen LogP) is 4.96. The smallest absolute Gasteiger partial charge is 0.405 e. The Balaban J connectivity index is 1.65. The number of carboxylic acid groups (broad SMARTS) is 1. The van der Waals surface area contributed by atoms with Gasteiger partial charge >= 0.3 is 6.09 Å². The zero-order valence-corrected chi connectivity index (χ0v) is 20.0. The maximum absolute atomic E-state index is 13.0. The standard InChI is InChI=1S/C27H27FN4O5/c28-13-16-36-23-21-20(17-5-2-1-3-6-17)22(37-24(21)31-25(30-23)29-14-15-33)18-7-9-19(10-8-18)27(11-4-12-27)32-26(34)35/h1-3,5-10,32-33H,4,11-16H2,(H,34,35)(H,29,30,31). The van der Waals surface area contributed by atoms with Crippen LogP contribution in [0.3, 0.4) is 0 Å². The van der Waals surface area contributed by atoms with Crippen molar-refractivity contribution in [2.45, 2.75) is 24.8 Å². The minimum Gasteiger partial charge on any atom is -0.474 e. The quantitative estimate of drug-likeness (QED) is 0.238. The Bertz CT molecular complexity index is 1390. The molecular weight excluding hydrogens is 479 g/mol. The molecule has 1 amide bonds. The van der Waals surface area contributed by atoms with Gasteiger partial charge in [-0.25, -0.2) is 9.18 Å². The Labute approximate surface area is 212 Å². The SMILES string of the molecule is O=C(O)NC1(c2ccc(-c3oc4nc(NCCO)nc(OCCF)c4c3-c3ccccc3)cc2)CCC1. The number of hydrogen-bond acceptors (Lipinski definition) is 7. The minimum atomic E-state index is -1.04. The van der Waals surface area contributed by atoms with Gasteiger partial charge in [0.25, 0.3) is 0 Å². The van der Waals surface area contributed by atoms with Crippen molar-refractivity contribution in [1.82, 2.24) is 15.3 Å². The van der Waals surface area contributed by atoms with Crippen LogP contribution in [0.4, 0.5) is 15.1 Å². The van der Waals surface area contributed by atoms with Gasteiger partial charge in [0.2, 0.25) is 17.5 Å². The molecule has 4 N–H and O–H groups in total. The summed E-state index contributed by atoms with van der Waals surface area (Å²) in [6, 6.07) is 17.2. The Morgan fingerprint density at radius 2 is 1.84 bits per heavy atom. The number of furan rings is 1. The highest BCUT2D eigenvalue weighted by Gasteiger charge is 2.40. The van der Waals surface area contributed by atoms with Gasteiger partial charge in [0.05, 0.1) is 12.1 Å². The molecule has 1 fully saturated rings. The van der Waals surface area contributed by atoms with E-state index in [-0.39, 0.29) is 37.3 Å². The molecule has 1 saturated carbocycles. The number of hydrogen-bond donors (Lipinski definition) is 4. The molecule has 0 radical (unpaired) electrons. The van der Waals surface area contributed by atoms with Crippen LogP contribution in [-0.2, 0) is 5.54 Å².